The summed E-state index contributed by atoms with van der Waals surface area (Å²) in [7, 11) is -3.59. The van der Waals surface area contributed by atoms with Gasteiger partial charge in [-0.25, -0.2) is 8.42 Å². The summed E-state index contributed by atoms with van der Waals surface area (Å²) in [6.07, 6.45) is 1.29. The average Bonchev–Trinajstić information content (AvgIpc) is 2.65. The van der Waals surface area contributed by atoms with Crippen molar-refractivity contribution in [2.45, 2.75) is 17.7 Å². The Bertz CT molecular complexity index is 906. The number of halogens is 2. The van der Waals surface area contributed by atoms with Crippen molar-refractivity contribution in [3.8, 4) is 0 Å². The van der Waals surface area contributed by atoms with Crippen LogP contribution < -0.4 is 5.32 Å². The molecule has 1 fully saturated rings. The summed E-state index contributed by atoms with van der Waals surface area (Å²) in [5.41, 5.74) is 0.589. The Balaban J connectivity index is 1.71. The van der Waals surface area contributed by atoms with Gasteiger partial charge in [-0.3, -0.25) is 4.79 Å². The lowest BCUT2D eigenvalue weighted by Gasteiger charge is -2.31. The molecule has 0 unspecified atom stereocenters. The minimum absolute atomic E-state index is 0.174. The van der Waals surface area contributed by atoms with Gasteiger partial charge in [-0.15, -0.1) is 0 Å². The molecule has 1 heterocycles. The first-order chi connectivity index (χ1) is 12.4. The van der Waals surface area contributed by atoms with E-state index in [0.29, 0.717) is 30.1 Å². The highest BCUT2D eigenvalue weighted by Crippen LogP contribution is 2.27. The van der Waals surface area contributed by atoms with Crippen LogP contribution in [0.25, 0.3) is 0 Å². The molecule has 1 saturated heterocycles. The molecule has 1 atom stereocenters. The summed E-state index contributed by atoms with van der Waals surface area (Å²) in [6.45, 7) is 0.596. The number of anilines is 1. The number of piperidine rings is 1. The monoisotopic (exact) mass is 456 g/mol. The molecule has 138 valence electrons. The summed E-state index contributed by atoms with van der Waals surface area (Å²) in [5, 5.41) is 3.33. The van der Waals surface area contributed by atoms with Gasteiger partial charge < -0.3 is 5.32 Å². The number of nitrogens with zero attached hydrogens (tertiary/aromatic N) is 1. The van der Waals surface area contributed by atoms with Gasteiger partial charge in [-0.2, -0.15) is 4.31 Å². The van der Waals surface area contributed by atoms with Gasteiger partial charge in [0.15, 0.2) is 0 Å². The van der Waals surface area contributed by atoms with Crippen LogP contribution in [-0.4, -0.2) is 31.7 Å². The number of rotatable bonds is 4. The van der Waals surface area contributed by atoms with E-state index in [-0.39, 0.29) is 17.3 Å². The van der Waals surface area contributed by atoms with Crippen molar-refractivity contribution in [3.05, 3.63) is 58.0 Å². The Kier molecular flexibility index (Phi) is 6.02. The van der Waals surface area contributed by atoms with Crippen LogP contribution >= 0.6 is 27.5 Å². The number of amides is 1. The van der Waals surface area contributed by atoms with Gasteiger partial charge in [0.2, 0.25) is 15.9 Å². The lowest BCUT2D eigenvalue weighted by atomic mass is 9.99. The summed E-state index contributed by atoms with van der Waals surface area (Å²) in [4.78, 5) is 12.8. The van der Waals surface area contributed by atoms with E-state index >= 15 is 0 Å². The van der Waals surface area contributed by atoms with Crippen molar-refractivity contribution < 1.29 is 13.2 Å². The maximum Gasteiger partial charge on any atom is 0.243 e. The van der Waals surface area contributed by atoms with Gasteiger partial charge in [-0.1, -0.05) is 29.8 Å². The second-order valence-electron chi connectivity index (χ2n) is 6.13. The van der Waals surface area contributed by atoms with Crippen molar-refractivity contribution in [1.82, 2.24) is 4.31 Å². The zero-order chi connectivity index (χ0) is 18.7. The molecule has 0 saturated carbocycles. The molecule has 0 spiro atoms. The summed E-state index contributed by atoms with van der Waals surface area (Å²) >= 11 is 9.35. The minimum Gasteiger partial charge on any atom is -0.326 e. The SMILES string of the molecule is O=C(Nc1ccc(Br)c(Cl)c1)[C@@H]1CCCN(S(=O)(=O)c2ccccc2)C1. The lowest BCUT2D eigenvalue weighted by Crippen LogP contribution is -2.43. The van der Waals surface area contributed by atoms with Gasteiger partial charge in [0, 0.05) is 23.2 Å². The first-order valence-electron chi connectivity index (χ1n) is 8.19. The first kappa shape index (κ1) is 19.4. The number of sulfonamides is 1. The summed E-state index contributed by atoms with van der Waals surface area (Å²) in [6, 6.07) is 13.5. The third-order valence-electron chi connectivity index (χ3n) is 4.32. The Hall–Kier alpha value is -1.41. The molecule has 8 heteroatoms. The highest BCUT2D eigenvalue weighted by molar-refractivity contribution is 9.10. The van der Waals surface area contributed by atoms with E-state index in [4.69, 9.17) is 11.6 Å². The smallest absolute Gasteiger partial charge is 0.243 e. The van der Waals surface area contributed by atoms with Crippen LogP contribution in [-0.2, 0) is 14.8 Å². The number of benzene rings is 2. The fourth-order valence-corrected chi connectivity index (χ4v) is 4.91. The second-order valence-corrected chi connectivity index (χ2v) is 9.33. The van der Waals surface area contributed by atoms with Gasteiger partial charge in [0.1, 0.15) is 0 Å². The molecule has 1 amide bonds. The Morgan fingerprint density at radius 2 is 1.92 bits per heavy atom. The molecule has 1 aliphatic rings. The topological polar surface area (TPSA) is 66.5 Å². The average molecular weight is 458 g/mol. The molecule has 0 aromatic heterocycles. The Morgan fingerprint density at radius 1 is 1.19 bits per heavy atom. The van der Waals surface area contributed by atoms with Crippen LogP contribution in [0.2, 0.25) is 5.02 Å². The normalized spacial score (nSPS) is 18.5. The van der Waals surface area contributed by atoms with Crippen LogP contribution in [0.4, 0.5) is 5.69 Å². The standard InChI is InChI=1S/C18H18BrClN2O3S/c19-16-9-8-14(11-17(16)20)21-18(23)13-5-4-10-22(12-13)26(24,25)15-6-2-1-3-7-15/h1-3,6-9,11,13H,4-5,10,12H2,(H,21,23)/t13-/m1/s1. The Morgan fingerprint density at radius 3 is 2.62 bits per heavy atom. The molecule has 0 radical (unpaired) electrons. The minimum atomic E-state index is -3.59. The molecular formula is C18H18BrClN2O3S. The van der Waals surface area contributed by atoms with E-state index in [1.54, 1.807) is 48.5 Å². The van der Waals surface area contributed by atoms with Crippen molar-refractivity contribution in [2.75, 3.05) is 18.4 Å². The zero-order valence-corrected chi connectivity index (χ0v) is 17.0. The highest BCUT2D eigenvalue weighted by atomic mass is 79.9. The van der Waals surface area contributed by atoms with Crippen LogP contribution in [0.15, 0.2) is 57.9 Å². The Labute approximate surface area is 166 Å². The van der Waals surface area contributed by atoms with E-state index in [2.05, 4.69) is 21.2 Å². The van der Waals surface area contributed by atoms with E-state index in [1.165, 1.54) is 4.31 Å². The number of hydrogen-bond acceptors (Lipinski definition) is 3. The quantitative estimate of drug-likeness (QED) is 0.750. The predicted octanol–water partition coefficient (Wildman–Crippen LogP) is 4.14. The predicted molar refractivity (Wildman–Crippen MR) is 106 cm³/mol. The summed E-state index contributed by atoms with van der Waals surface area (Å²) in [5.74, 6) is -0.596. The van der Waals surface area contributed by atoms with Crippen LogP contribution in [0.1, 0.15) is 12.8 Å². The van der Waals surface area contributed by atoms with Gasteiger partial charge in [0.25, 0.3) is 0 Å². The molecule has 0 aliphatic carbocycles. The van der Waals surface area contributed by atoms with Crippen molar-refractivity contribution in [1.29, 1.82) is 0 Å². The van der Waals surface area contributed by atoms with Crippen molar-refractivity contribution >= 4 is 49.1 Å². The van der Waals surface area contributed by atoms with Crippen LogP contribution in [0.3, 0.4) is 0 Å². The fourth-order valence-electron chi connectivity index (χ4n) is 2.93. The van der Waals surface area contributed by atoms with E-state index in [1.807, 2.05) is 0 Å². The van der Waals surface area contributed by atoms with Crippen LogP contribution in [0, 0.1) is 5.92 Å². The zero-order valence-electron chi connectivity index (χ0n) is 13.9. The largest absolute Gasteiger partial charge is 0.326 e. The van der Waals surface area contributed by atoms with Gasteiger partial charge in [0.05, 0.1) is 15.8 Å². The van der Waals surface area contributed by atoms with Crippen molar-refractivity contribution in [3.63, 3.8) is 0 Å². The molecule has 2 aromatic rings. The third kappa shape index (κ3) is 4.28. The van der Waals surface area contributed by atoms with E-state index in [0.717, 1.165) is 4.47 Å². The second kappa shape index (κ2) is 8.08. The number of nitrogens with one attached hydrogen (secondary N) is 1. The maximum atomic E-state index is 12.8. The van der Waals surface area contributed by atoms with E-state index in [9.17, 15) is 13.2 Å². The van der Waals surface area contributed by atoms with Crippen molar-refractivity contribution in [2.24, 2.45) is 5.92 Å². The molecule has 2 aromatic carbocycles. The van der Waals surface area contributed by atoms with Gasteiger partial charge in [-0.05, 0) is 59.1 Å². The highest BCUT2D eigenvalue weighted by Gasteiger charge is 2.33. The fraction of sp³-hybridized carbons (Fsp3) is 0.278. The molecule has 1 N–H and O–H groups in total. The molecule has 0 bridgehead atoms. The first-order valence-corrected chi connectivity index (χ1v) is 10.8. The third-order valence-corrected chi connectivity index (χ3v) is 7.43. The molecule has 1 aliphatic heterocycles. The maximum absolute atomic E-state index is 12.8. The summed E-state index contributed by atoms with van der Waals surface area (Å²) < 4.78 is 27.7. The van der Waals surface area contributed by atoms with Crippen LogP contribution in [0.5, 0.6) is 0 Å². The number of hydrogen-bond donors (Lipinski definition) is 1. The van der Waals surface area contributed by atoms with E-state index < -0.39 is 15.9 Å². The number of carbonyl (C=O) groups is 1. The lowest BCUT2D eigenvalue weighted by molar-refractivity contribution is -0.120. The number of carbonyl (C=O) groups excluding carboxylic acids is 1. The molecular weight excluding hydrogens is 440 g/mol. The van der Waals surface area contributed by atoms with Gasteiger partial charge >= 0.3 is 0 Å². The molecule has 5 nitrogen and oxygen atoms in total. The molecule has 3 rings (SSSR count). The molecule has 26 heavy (non-hydrogen) atoms.